The zero-order valence-corrected chi connectivity index (χ0v) is 10.9. The van der Waals surface area contributed by atoms with E-state index in [1.54, 1.807) is 13.2 Å². The summed E-state index contributed by atoms with van der Waals surface area (Å²) in [6, 6.07) is 14.7. The molecule has 5 nitrogen and oxygen atoms in total. The van der Waals surface area contributed by atoms with E-state index in [1.807, 2.05) is 42.5 Å². The maximum Gasteiger partial charge on any atom is 0.276 e. The molecule has 1 amide bonds. The number of rotatable bonds is 3. The van der Waals surface area contributed by atoms with Crippen LogP contribution in [-0.4, -0.2) is 23.2 Å². The molecule has 100 valence electrons. The molecule has 0 fully saturated rings. The van der Waals surface area contributed by atoms with Gasteiger partial charge in [0.25, 0.3) is 5.91 Å². The summed E-state index contributed by atoms with van der Waals surface area (Å²) >= 11 is 0. The van der Waals surface area contributed by atoms with Crippen LogP contribution in [0.4, 0.5) is 5.69 Å². The third-order valence-electron chi connectivity index (χ3n) is 3.02. The summed E-state index contributed by atoms with van der Waals surface area (Å²) in [6.07, 6.45) is 0. The average molecular weight is 267 g/mol. The Morgan fingerprint density at radius 1 is 1.20 bits per heavy atom. The van der Waals surface area contributed by atoms with Crippen molar-refractivity contribution in [3.63, 3.8) is 0 Å². The number of nitrogens with one attached hydrogen (secondary N) is 2. The number of fused-ring (bicyclic) bond motifs is 1. The van der Waals surface area contributed by atoms with Crippen LogP contribution < -0.4 is 10.1 Å². The third-order valence-corrected chi connectivity index (χ3v) is 3.02. The van der Waals surface area contributed by atoms with Gasteiger partial charge < -0.3 is 10.1 Å². The second-order valence-electron chi connectivity index (χ2n) is 4.30. The zero-order valence-electron chi connectivity index (χ0n) is 10.9. The van der Waals surface area contributed by atoms with E-state index in [1.165, 1.54) is 0 Å². The van der Waals surface area contributed by atoms with E-state index in [0.29, 0.717) is 5.69 Å². The number of nitrogens with zero attached hydrogens (tertiary/aromatic N) is 1. The molecule has 0 radical (unpaired) electrons. The fourth-order valence-corrected chi connectivity index (χ4v) is 2.01. The third kappa shape index (κ3) is 2.21. The minimum absolute atomic E-state index is 0.243. The quantitative estimate of drug-likeness (QED) is 0.766. The van der Waals surface area contributed by atoms with Crippen molar-refractivity contribution < 1.29 is 9.53 Å². The average Bonchev–Trinajstić information content (AvgIpc) is 2.91. The lowest BCUT2D eigenvalue weighted by Crippen LogP contribution is -2.12. The summed E-state index contributed by atoms with van der Waals surface area (Å²) in [4.78, 5) is 12.2. The number of H-pyrrole nitrogens is 1. The predicted octanol–water partition coefficient (Wildman–Crippen LogP) is 2.82. The number of aromatic amines is 1. The topological polar surface area (TPSA) is 67.0 Å². The summed E-state index contributed by atoms with van der Waals surface area (Å²) in [7, 11) is 1.60. The molecule has 3 aromatic rings. The Balaban J connectivity index is 1.92. The van der Waals surface area contributed by atoms with E-state index < -0.39 is 0 Å². The number of anilines is 1. The number of amides is 1. The molecule has 3 rings (SSSR count). The van der Waals surface area contributed by atoms with Crippen molar-refractivity contribution in [1.82, 2.24) is 10.2 Å². The van der Waals surface area contributed by atoms with Crippen LogP contribution in [0, 0.1) is 0 Å². The highest BCUT2D eigenvalue weighted by Gasteiger charge is 2.14. The lowest BCUT2D eigenvalue weighted by molar-refractivity contribution is 0.102. The minimum Gasteiger partial charge on any atom is -0.497 e. The minimum atomic E-state index is -0.243. The van der Waals surface area contributed by atoms with Crippen molar-refractivity contribution in [2.75, 3.05) is 12.4 Å². The molecule has 0 unspecified atom stereocenters. The molecule has 0 saturated heterocycles. The highest BCUT2D eigenvalue weighted by Crippen LogP contribution is 2.22. The van der Waals surface area contributed by atoms with E-state index in [4.69, 9.17) is 4.74 Å². The summed E-state index contributed by atoms with van der Waals surface area (Å²) in [5.41, 5.74) is 1.87. The van der Waals surface area contributed by atoms with E-state index >= 15 is 0 Å². The normalized spacial score (nSPS) is 10.4. The number of hydrogen-bond donors (Lipinski definition) is 2. The van der Waals surface area contributed by atoms with Gasteiger partial charge in [0.05, 0.1) is 12.6 Å². The van der Waals surface area contributed by atoms with Crippen molar-refractivity contribution in [2.45, 2.75) is 0 Å². The molecule has 2 N–H and O–H groups in total. The van der Waals surface area contributed by atoms with Gasteiger partial charge in [-0.3, -0.25) is 9.89 Å². The molecule has 20 heavy (non-hydrogen) atoms. The summed E-state index contributed by atoms with van der Waals surface area (Å²) < 4.78 is 5.14. The molecule has 2 aromatic carbocycles. The van der Waals surface area contributed by atoms with Crippen molar-refractivity contribution in [3.8, 4) is 5.75 Å². The monoisotopic (exact) mass is 267 g/mol. The SMILES string of the molecule is COc1ccc2c(C(=O)Nc3ccccc3)n[nH]c2c1. The Bertz CT molecular complexity index is 750. The first kappa shape index (κ1) is 12.2. The van der Waals surface area contributed by atoms with Crippen LogP contribution in [0.2, 0.25) is 0 Å². The Morgan fingerprint density at radius 2 is 2.00 bits per heavy atom. The van der Waals surface area contributed by atoms with E-state index in [2.05, 4.69) is 15.5 Å². The van der Waals surface area contributed by atoms with Gasteiger partial charge in [-0.05, 0) is 24.3 Å². The van der Waals surface area contributed by atoms with Crippen LogP contribution in [0.25, 0.3) is 10.9 Å². The van der Waals surface area contributed by atoms with Crippen LogP contribution in [0.5, 0.6) is 5.75 Å². The Morgan fingerprint density at radius 3 is 2.75 bits per heavy atom. The molecule has 0 atom stereocenters. The van der Waals surface area contributed by atoms with Crippen molar-refractivity contribution in [1.29, 1.82) is 0 Å². The number of para-hydroxylation sites is 1. The molecular formula is C15H13N3O2. The molecule has 1 heterocycles. The van der Waals surface area contributed by atoms with Gasteiger partial charge in [-0.15, -0.1) is 0 Å². The molecule has 0 aliphatic heterocycles. The van der Waals surface area contributed by atoms with Gasteiger partial charge in [-0.25, -0.2) is 0 Å². The first-order valence-corrected chi connectivity index (χ1v) is 6.16. The second kappa shape index (κ2) is 5.05. The summed E-state index contributed by atoms with van der Waals surface area (Å²) in [5, 5.41) is 10.5. The van der Waals surface area contributed by atoms with Gasteiger partial charge in [-0.1, -0.05) is 18.2 Å². The standard InChI is InChI=1S/C15H13N3O2/c1-20-11-7-8-12-13(9-11)17-18-14(12)15(19)16-10-5-3-2-4-6-10/h2-9H,1H3,(H,16,19)(H,17,18). The van der Waals surface area contributed by atoms with E-state index in [-0.39, 0.29) is 5.91 Å². The lowest BCUT2D eigenvalue weighted by atomic mass is 10.2. The molecule has 5 heteroatoms. The van der Waals surface area contributed by atoms with Crippen LogP contribution >= 0.6 is 0 Å². The second-order valence-corrected chi connectivity index (χ2v) is 4.30. The van der Waals surface area contributed by atoms with Crippen molar-refractivity contribution >= 4 is 22.5 Å². The number of ether oxygens (including phenoxy) is 1. The Hall–Kier alpha value is -2.82. The van der Waals surface area contributed by atoms with Crippen molar-refractivity contribution in [2.24, 2.45) is 0 Å². The van der Waals surface area contributed by atoms with Gasteiger partial charge in [0.2, 0.25) is 0 Å². The number of carbonyl (C=O) groups is 1. The van der Waals surface area contributed by atoms with Crippen LogP contribution in [0.3, 0.4) is 0 Å². The van der Waals surface area contributed by atoms with Crippen LogP contribution in [-0.2, 0) is 0 Å². The number of methoxy groups -OCH3 is 1. The highest BCUT2D eigenvalue weighted by molar-refractivity contribution is 6.11. The Kier molecular flexibility index (Phi) is 3.09. The summed E-state index contributed by atoms with van der Waals surface area (Å²) in [6.45, 7) is 0. The van der Waals surface area contributed by atoms with E-state index in [0.717, 1.165) is 22.3 Å². The van der Waals surface area contributed by atoms with Gasteiger partial charge in [-0.2, -0.15) is 5.10 Å². The van der Waals surface area contributed by atoms with Gasteiger partial charge in [0, 0.05) is 17.1 Å². The molecule has 0 bridgehead atoms. The smallest absolute Gasteiger partial charge is 0.276 e. The fraction of sp³-hybridized carbons (Fsp3) is 0.0667. The maximum absolute atomic E-state index is 12.2. The molecule has 0 aliphatic rings. The number of benzene rings is 2. The van der Waals surface area contributed by atoms with Crippen LogP contribution in [0.1, 0.15) is 10.5 Å². The lowest BCUT2D eigenvalue weighted by Gasteiger charge is -2.03. The number of hydrogen-bond acceptors (Lipinski definition) is 3. The highest BCUT2D eigenvalue weighted by atomic mass is 16.5. The van der Waals surface area contributed by atoms with Crippen molar-refractivity contribution in [3.05, 3.63) is 54.2 Å². The first-order valence-electron chi connectivity index (χ1n) is 6.16. The summed E-state index contributed by atoms with van der Waals surface area (Å²) in [5.74, 6) is 0.476. The zero-order chi connectivity index (χ0) is 13.9. The van der Waals surface area contributed by atoms with Gasteiger partial charge >= 0.3 is 0 Å². The first-order chi connectivity index (χ1) is 9.78. The fourth-order valence-electron chi connectivity index (χ4n) is 2.01. The molecule has 0 saturated carbocycles. The number of carbonyl (C=O) groups excluding carboxylic acids is 1. The predicted molar refractivity (Wildman–Crippen MR) is 77.0 cm³/mol. The van der Waals surface area contributed by atoms with E-state index in [9.17, 15) is 4.79 Å². The van der Waals surface area contributed by atoms with Gasteiger partial charge in [0.1, 0.15) is 5.75 Å². The molecule has 0 aliphatic carbocycles. The molecular weight excluding hydrogens is 254 g/mol. The van der Waals surface area contributed by atoms with Crippen LogP contribution in [0.15, 0.2) is 48.5 Å². The Labute approximate surface area is 115 Å². The molecule has 0 spiro atoms. The molecule has 1 aromatic heterocycles. The van der Waals surface area contributed by atoms with Gasteiger partial charge in [0.15, 0.2) is 5.69 Å². The number of aromatic nitrogens is 2. The largest absolute Gasteiger partial charge is 0.497 e. The maximum atomic E-state index is 12.2.